The molecule has 1 N–H and O–H groups in total. The Morgan fingerprint density at radius 2 is 2.12 bits per heavy atom. The second-order valence-corrected chi connectivity index (χ2v) is 6.65. The van der Waals surface area contributed by atoms with Crippen LogP contribution in [0.4, 0.5) is 5.69 Å². The van der Waals surface area contributed by atoms with Gasteiger partial charge in [0.15, 0.2) is 0 Å². The average molecular weight is 327 g/mol. The van der Waals surface area contributed by atoms with Crippen LogP contribution < -0.4 is 5.32 Å². The quantitative estimate of drug-likeness (QED) is 0.886. The van der Waals surface area contributed by atoms with Crippen molar-refractivity contribution in [2.75, 3.05) is 39.0 Å². The summed E-state index contributed by atoms with van der Waals surface area (Å²) in [6, 6.07) is 11.5. The van der Waals surface area contributed by atoms with Gasteiger partial charge in [-0.05, 0) is 50.7 Å². The Bertz CT molecular complexity index is 667. The van der Waals surface area contributed by atoms with Gasteiger partial charge in [-0.15, -0.1) is 0 Å². The zero-order valence-electron chi connectivity index (χ0n) is 14.4. The summed E-state index contributed by atoms with van der Waals surface area (Å²) in [7, 11) is 4.16. The van der Waals surface area contributed by atoms with E-state index in [1.807, 2.05) is 41.3 Å². The van der Waals surface area contributed by atoms with E-state index in [1.165, 1.54) is 0 Å². The molecule has 0 spiro atoms. The number of rotatable bonds is 6. The summed E-state index contributed by atoms with van der Waals surface area (Å²) in [6.45, 7) is 3.27. The van der Waals surface area contributed by atoms with Gasteiger partial charge < -0.3 is 19.5 Å². The molecular weight excluding hydrogens is 302 g/mol. The van der Waals surface area contributed by atoms with Gasteiger partial charge in [0.25, 0.3) is 5.91 Å². The first-order chi connectivity index (χ1) is 11.6. The van der Waals surface area contributed by atoms with Crippen LogP contribution in [0, 0.1) is 5.92 Å². The van der Waals surface area contributed by atoms with E-state index in [4.69, 9.17) is 4.42 Å². The van der Waals surface area contributed by atoms with E-state index in [-0.39, 0.29) is 5.91 Å². The summed E-state index contributed by atoms with van der Waals surface area (Å²) in [6.07, 6.45) is 2.73. The molecule has 0 radical (unpaired) electrons. The molecule has 1 aromatic carbocycles. The third-order valence-corrected chi connectivity index (χ3v) is 4.39. The fraction of sp³-hybridized carbons (Fsp3) is 0.421. The summed E-state index contributed by atoms with van der Waals surface area (Å²) < 4.78 is 5.34. The van der Waals surface area contributed by atoms with Crippen LogP contribution in [0.25, 0.3) is 0 Å². The van der Waals surface area contributed by atoms with Crippen molar-refractivity contribution in [2.24, 2.45) is 5.92 Å². The van der Waals surface area contributed by atoms with Crippen molar-refractivity contribution >= 4 is 11.6 Å². The predicted molar refractivity (Wildman–Crippen MR) is 95.0 cm³/mol. The molecule has 1 atom stereocenters. The normalized spacial score (nSPS) is 17.5. The van der Waals surface area contributed by atoms with Gasteiger partial charge in [-0.3, -0.25) is 4.79 Å². The lowest BCUT2D eigenvalue weighted by Gasteiger charge is -2.20. The first-order valence-electron chi connectivity index (χ1n) is 8.43. The molecule has 0 unspecified atom stereocenters. The van der Waals surface area contributed by atoms with Crippen molar-refractivity contribution < 1.29 is 9.21 Å². The van der Waals surface area contributed by atoms with Gasteiger partial charge in [0.1, 0.15) is 5.76 Å². The number of para-hydroxylation sites is 1. The molecule has 0 saturated carbocycles. The lowest BCUT2D eigenvalue weighted by Crippen LogP contribution is -2.31. The zero-order valence-corrected chi connectivity index (χ0v) is 14.4. The molecule has 1 aromatic heterocycles. The molecule has 3 rings (SSSR count). The van der Waals surface area contributed by atoms with Crippen molar-refractivity contribution in [3.63, 3.8) is 0 Å². The molecule has 5 heteroatoms. The molecule has 2 heterocycles. The molecule has 1 amide bonds. The van der Waals surface area contributed by atoms with Crippen molar-refractivity contribution in [3.05, 3.63) is 54.0 Å². The fourth-order valence-corrected chi connectivity index (χ4v) is 3.27. The standard InChI is InChI=1S/C19H25N3O2/c1-21(2)13-15-9-10-22(14-15)19(23)17-7-3-4-8-18(17)20-12-16-6-5-11-24-16/h3-8,11,15,20H,9-10,12-14H2,1-2H3/t15-/m0/s1. The highest BCUT2D eigenvalue weighted by Crippen LogP contribution is 2.23. The molecule has 1 aliphatic heterocycles. The second-order valence-electron chi connectivity index (χ2n) is 6.65. The number of nitrogens with one attached hydrogen (secondary N) is 1. The van der Waals surface area contributed by atoms with Crippen LogP contribution in [-0.4, -0.2) is 49.4 Å². The average Bonchev–Trinajstić information content (AvgIpc) is 3.23. The minimum Gasteiger partial charge on any atom is -0.467 e. The topological polar surface area (TPSA) is 48.7 Å². The number of nitrogens with zero attached hydrogens (tertiary/aromatic N) is 2. The Morgan fingerprint density at radius 1 is 1.29 bits per heavy atom. The second kappa shape index (κ2) is 7.53. The molecular formula is C19H25N3O2. The summed E-state index contributed by atoms with van der Waals surface area (Å²) in [5, 5.41) is 3.31. The Balaban J connectivity index is 1.66. The van der Waals surface area contributed by atoms with E-state index >= 15 is 0 Å². The van der Waals surface area contributed by atoms with Gasteiger partial charge >= 0.3 is 0 Å². The summed E-state index contributed by atoms with van der Waals surface area (Å²) in [4.78, 5) is 17.1. The van der Waals surface area contributed by atoms with E-state index in [1.54, 1.807) is 6.26 Å². The van der Waals surface area contributed by atoms with Crippen LogP contribution in [0.15, 0.2) is 47.1 Å². The third kappa shape index (κ3) is 3.97. The molecule has 24 heavy (non-hydrogen) atoms. The Labute approximate surface area is 143 Å². The third-order valence-electron chi connectivity index (χ3n) is 4.39. The van der Waals surface area contributed by atoms with Crippen LogP contribution in [0.3, 0.4) is 0 Å². The lowest BCUT2D eigenvalue weighted by atomic mass is 10.1. The van der Waals surface area contributed by atoms with Crippen molar-refractivity contribution in [1.29, 1.82) is 0 Å². The van der Waals surface area contributed by atoms with Gasteiger partial charge in [0.2, 0.25) is 0 Å². The van der Waals surface area contributed by atoms with Gasteiger partial charge in [-0.25, -0.2) is 0 Å². The van der Waals surface area contributed by atoms with Crippen LogP contribution in [0.2, 0.25) is 0 Å². The van der Waals surface area contributed by atoms with Gasteiger partial charge in [-0.2, -0.15) is 0 Å². The minimum atomic E-state index is 0.110. The first-order valence-corrected chi connectivity index (χ1v) is 8.43. The first kappa shape index (κ1) is 16.6. The largest absolute Gasteiger partial charge is 0.467 e. The zero-order chi connectivity index (χ0) is 16.9. The van der Waals surface area contributed by atoms with Gasteiger partial charge in [0, 0.05) is 25.3 Å². The number of furan rings is 1. The monoisotopic (exact) mass is 327 g/mol. The van der Waals surface area contributed by atoms with Gasteiger partial charge in [-0.1, -0.05) is 12.1 Å². The maximum atomic E-state index is 12.9. The lowest BCUT2D eigenvalue weighted by molar-refractivity contribution is 0.0786. The van der Waals surface area contributed by atoms with Gasteiger partial charge in [0.05, 0.1) is 18.4 Å². The highest BCUT2D eigenvalue weighted by atomic mass is 16.3. The minimum absolute atomic E-state index is 0.110. The number of carbonyl (C=O) groups is 1. The van der Waals surface area contributed by atoms with E-state index in [0.717, 1.165) is 43.1 Å². The highest BCUT2D eigenvalue weighted by molar-refractivity contribution is 5.99. The smallest absolute Gasteiger partial charge is 0.255 e. The van der Waals surface area contributed by atoms with Crippen molar-refractivity contribution in [3.8, 4) is 0 Å². The van der Waals surface area contributed by atoms with E-state index < -0.39 is 0 Å². The molecule has 1 fully saturated rings. The SMILES string of the molecule is CN(C)C[C@@H]1CCN(C(=O)c2ccccc2NCc2ccco2)C1. The Hall–Kier alpha value is -2.27. The highest BCUT2D eigenvalue weighted by Gasteiger charge is 2.28. The van der Waals surface area contributed by atoms with Crippen LogP contribution in [-0.2, 0) is 6.54 Å². The molecule has 0 bridgehead atoms. The number of benzene rings is 1. The maximum absolute atomic E-state index is 12.9. The maximum Gasteiger partial charge on any atom is 0.255 e. The Morgan fingerprint density at radius 3 is 2.88 bits per heavy atom. The fourth-order valence-electron chi connectivity index (χ4n) is 3.27. The molecule has 2 aromatic rings. The van der Waals surface area contributed by atoms with Crippen LogP contribution in [0.5, 0.6) is 0 Å². The van der Waals surface area contributed by atoms with E-state index in [9.17, 15) is 4.79 Å². The number of anilines is 1. The number of carbonyl (C=O) groups excluding carboxylic acids is 1. The predicted octanol–water partition coefficient (Wildman–Crippen LogP) is 2.92. The summed E-state index contributed by atoms with van der Waals surface area (Å²) >= 11 is 0. The molecule has 1 aliphatic rings. The van der Waals surface area contributed by atoms with Crippen molar-refractivity contribution in [1.82, 2.24) is 9.80 Å². The van der Waals surface area contributed by atoms with Crippen LogP contribution >= 0.6 is 0 Å². The van der Waals surface area contributed by atoms with Crippen molar-refractivity contribution in [2.45, 2.75) is 13.0 Å². The summed E-state index contributed by atoms with van der Waals surface area (Å²) in [5.74, 6) is 1.52. The summed E-state index contributed by atoms with van der Waals surface area (Å²) in [5.41, 5.74) is 1.59. The van der Waals surface area contributed by atoms with E-state index in [0.29, 0.717) is 12.5 Å². The molecule has 128 valence electrons. The Kier molecular flexibility index (Phi) is 5.20. The van der Waals surface area contributed by atoms with Crippen LogP contribution in [0.1, 0.15) is 22.5 Å². The number of hydrogen-bond donors (Lipinski definition) is 1. The molecule has 1 saturated heterocycles. The van der Waals surface area contributed by atoms with E-state index in [2.05, 4.69) is 24.3 Å². The molecule has 0 aliphatic carbocycles. The number of amides is 1. The number of likely N-dealkylation sites (tertiary alicyclic amines) is 1. The molecule has 5 nitrogen and oxygen atoms in total. The number of hydrogen-bond acceptors (Lipinski definition) is 4.